The van der Waals surface area contributed by atoms with E-state index in [0.717, 1.165) is 77.0 Å². The lowest BCUT2D eigenvalue weighted by Crippen LogP contribution is -2.37. The van der Waals surface area contributed by atoms with Crippen LogP contribution in [0.5, 0.6) is 0 Å². The average molecular weight is 988 g/mol. The number of likely N-dealkylation sites (N-methyl/N-ethyl adjacent to an activating group) is 1. The maximum Gasteiger partial charge on any atom is 0.306 e. The standard InChI is InChI=1S/C59H106NO8P/c1-6-8-10-12-14-16-18-19-20-21-22-23-24-25-26-27-28-29-30-31-32-33-34-35-36-37-38-39-40-41-42-44-46-48-50-52-59(62)68-57(56-67-69(63,64)66-54-53-60(3,4)5)55-65-58(61)51-49-47-45-43-17-15-13-11-9-7-2/h8,10,14,16,19-20,22-23,25-26,28-29,57H,6-7,9,11-13,15,17-18,21,24,27,30-56H2,1-5H3/b10-8-,16-14-,20-19-,23-22-,26-25-,29-28-. The largest absolute Gasteiger partial charge is 0.756 e. The van der Waals surface area contributed by atoms with Crippen LogP contribution in [-0.2, 0) is 32.7 Å². The van der Waals surface area contributed by atoms with Gasteiger partial charge in [0.25, 0.3) is 7.82 Å². The van der Waals surface area contributed by atoms with Gasteiger partial charge < -0.3 is 27.9 Å². The first-order chi connectivity index (χ1) is 33.5. The highest BCUT2D eigenvalue weighted by atomic mass is 31.2. The molecule has 0 N–H and O–H groups in total. The molecule has 69 heavy (non-hydrogen) atoms. The van der Waals surface area contributed by atoms with Crippen molar-refractivity contribution < 1.29 is 42.1 Å². The molecule has 0 heterocycles. The fraction of sp³-hybridized carbons (Fsp3) is 0.763. The summed E-state index contributed by atoms with van der Waals surface area (Å²) in [6.45, 7) is 4.11. The lowest BCUT2D eigenvalue weighted by molar-refractivity contribution is -0.870. The van der Waals surface area contributed by atoms with Crippen molar-refractivity contribution in [2.24, 2.45) is 0 Å². The lowest BCUT2D eigenvalue weighted by atomic mass is 10.0. The highest BCUT2D eigenvalue weighted by Gasteiger charge is 2.21. The van der Waals surface area contributed by atoms with E-state index in [1.54, 1.807) is 0 Å². The molecule has 9 nitrogen and oxygen atoms in total. The highest BCUT2D eigenvalue weighted by molar-refractivity contribution is 7.45. The molecule has 0 saturated carbocycles. The topological polar surface area (TPSA) is 111 Å². The molecule has 0 aliphatic rings. The first kappa shape index (κ1) is 66.5. The number of carbonyl (C=O) groups is 2. The van der Waals surface area contributed by atoms with Gasteiger partial charge in [-0.3, -0.25) is 14.2 Å². The summed E-state index contributed by atoms with van der Waals surface area (Å²) in [6.07, 6.45) is 65.4. The number of ether oxygens (including phenoxy) is 2. The Kier molecular flexibility index (Phi) is 48.5. The van der Waals surface area contributed by atoms with E-state index in [1.165, 1.54) is 128 Å². The van der Waals surface area contributed by atoms with Crippen LogP contribution in [0.4, 0.5) is 0 Å². The number of hydrogen-bond acceptors (Lipinski definition) is 8. The van der Waals surface area contributed by atoms with Crippen LogP contribution < -0.4 is 4.89 Å². The molecule has 0 aromatic rings. The molecule has 2 unspecified atom stereocenters. The Bertz CT molecular complexity index is 1400. The molecule has 0 aromatic carbocycles. The molecule has 0 saturated heterocycles. The minimum Gasteiger partial charge on any atom is -0.756 e. The molecule has 0 amide bonds. The molecule has 0 bridgehead atoms. The van der Waals surface area contributed by atoms with Gasteiger partial charge in [0.05, 0.1) is 27.7 Å². The lowest BCUT2D eigenvalue weighted by Gasteiger charge is -2.28. The summed E-state index contributed by atoms with van der Waals surface area (Å²) in [6, 6.07) is 0. The van der Waals surface area contributed by atoms with E-state index < -0.39 is 26.5 Å². The number of rotatable bonds is 51. The Morgan fingerprint density at radius 1 is 0.464 bits per heavy atom. The first-order valence-corrected chi connectivity index (χ1v) is 29.6. The molecule has 400 valence electrons. The average Bonchev–Trinajstić information content (AvgIpc) is 3.31. The number of carbonyl (C=O) groups excluding carboxylic acids is 2. The minimum absolute atomic E-state index is 0.0307. The maximum absolute atomic E-state index is 12.7. The number of esters is 2. The van der Waals surface area contributed by atoms with Crippen molar-refractivity contribution in [3.8, 4) is 0 Å². The van der Waals surface area contributed by atoms with Crippen molar-refractivity contribution >= 4 is 19.8 Å². The van der Waals surface area contributed by atoms with E-state index in [1.807, 2.05) is 21.1 Å². The van der Waals surface area contributed by atoms with Crippen LogP contribution in [0.1, 0.15) is 239 Å². The van der Waals surface area contributed by atoms with Crippen LogP contribution in [0, 0.1) is 0 Å². The zero-order valence-corrected chi connectivity index (χ0v) is 46.1. The number of hydrogen-bond donors (Lipinski definition) is 0. The van der Waals surface area contributed by atoms with Gasteiger partial charge in [0.15, 0.2) is 6.10 Å². The van der Waals surface area contributed by atoms with Crippen molar-refractivity contribution in [2.45, 2.75) is 245 Å². The number of quaternary nitrogens is 1. The van der Waals surface area contributed by atoms with Gasteiger partial charge in [-0.05, 0) is 64.2 Å². The first-order valence-electron chi connectivity index (χ1n) is 28.1. The third kappa shape index (κ3) is 54.6. The number of nitrogens with zero attached hydrogens (tertiary/aromatic N) is 1. The second-order valence-corrected chi connectivity index (χ2v) is 21.3. The molecule has 0 radical (unpaired) electrons. The Morgan fingerprint density at radius 3 is 1.23 bits per heavy atom. The van der Waals surface area contributed by atoms with Crippen LogP contribution >= 0.6 is 7.82 Å². The Morgan fingerprint density at radius 2 is 0.826 bits per heavy atom. The summed E-state index contributed by atoms with van der Waals surface area (Å²) >= 11 is 0. The summed E-state index contributed by atoms with van der Waals surface area (Å²) in [5.41, 5.74) is 0. The zero-order chi connectivity index (χ0) is 50.6. The number of allylic oxidation sites excluding steroid dienone is 12. The van der Waals surface area contributed by atoms with E-state index in [2.05, 4.69) is 86.8 Å². The summed E-state index contributed by atoms with van der Waals surface area (Å²) in [7, 11) is 1.17. The SMILES string of the molecule is CC/C=C\C/C=C\C/C=C\C/C=C\C/C=C\C/C=C\CCCCCCCCCCCCCCCCCCC(=O)OC(COC(=O)CCCCCCCCCCCC)COP(=O)([O-])OCC[N+](C)(C)C. The summed E-state index contributed by atoms with van der Waals surface area (Å²) < 4.78 is 34.0. The van der Waals surface area contributed by atoms with Gasteiger partial charge in [-0.2, -0.15) is 0 Å². The molecule has 0 aliphatic carbocycles. The summed E-state index contributed by atoms with van der Waals surface area (Å²) in [5, 5.41) is 0. The van der Waals surface area contributed by atoms with Crippen molar-refractivity contribution in [1.82, 2.24) is 0 Å². The monoisotopic (exact) mass is 988 g/mol. The van der Waals surface area contributed by atoms with E-state index in [-0.39, 0.29) is 32.0 Å². The molecule has 0 rings (SSSR count). The molecular formula is C59H106NO8P. The van der Waals surface area contributed by atoms with E-state index >= 15 is 0 Å². The molecule has 0 fully saturated rings. The minimum atomic E-state index is -4.63. The van der Waals surface area contributed by atoms with Gasteiger partial charge in [0.2, 0.25) is 0 Å². The third-order valence-corrected chi connectivity index (χ3v) is 13.0. The smallest absolute Gasteiger partial charge is 0.306 e. The van der Waals surface area contributed by atoms with Crippen molar-refractivity contribution in [2.75, 3.05) is 47.5 Å². The van der Waals surface area contributed by atoms with Gasteiger partial charge in [0, 0.05) is 12.8 Å². The van der Waals surface area contributed by atoms with Gasteiger partial charge in [-0.1, -0.05) is 234 Å². The predicted molar refractivity (Wildman–Crippen MR) is 291 cm³/mol. The summed E-state index contributed by atoms with van der Waals surface area (Å²) in [5.74, 6) is -0.830. The van der Waals surface area contributed by atoms with Crippen LogP contribution in [0.15, 0.2) is 72.9 Å². The van der Waals surface area contributed by atoms with Crippen LogP contribution in [0.3, 0.4) is 0 Å². The van der Waals surface area contributed by atoms with Gasteiger partial charge in [0.1, 0.15) is 19.8 Å². The normalized spacial score (nSPS) is 13.9. The predicted octanol–water partition coefficient (Wildman–Crippen LogP) is 16.7. The fourth-order valence-electron chi connectivity index (χ4n) is 7.66. The van der Waals surface area contributed by atoms with Crippen LogP contribution in [0.2, 0.25) is 0 Å². The molecule has 0 spiro atoms. The van der Waals surface area contributed by atoms with Crippen molar-refractivity contribution in [1.29, 1.82) is 0 Å². The Balaban J connectivity index is 3.98. The Labute approximate surface area is 425 Å². The molecule has 0 aliphatic heterocycles. The van der Waals surface area contributed by atoms with Crippen LogP contribution in [0.25, 0.3) is 0 Å². The summed E-state index contributed by atoms with van der Waals surface area (Å²) in [4.78, 5) is 37.6. The van der Waals surface area contributed by atoms with Crippen molar-refractivity contribution in [3.05, 3.63) is 72.9 Å². The number of phosphoric ester groups is 1. The zero-order valence-electron chi connectivity index (χ0n) is 45.2. The third-order valence-electron chi connectivity index (χ3n) is 12.0. The van der Waals surface area contributed by atoms with Crippen LogP contribution in [-0.4, -0.2) is 70.0 Å². The van der Waals surface area contributed by atoms with E-state index in [4.69, 9.17) is 18.5 Å². The molecule has 2 atom stereocenters. The van der Waals surface area contributed by atoms with E-state index in [0.29, 0.717) is 17.4 Å². The molecule has 10 heteroatoms. The Hall–Kier alpha value is -2.55. The van der Waals surface area contributed by atoms with Gasteiger partial charge in [-0.15, -0.1) is 0 Å². The second-order valence-electron chi connectivity index (χ2n) is 19.9. The molecule has 0 aromatic heterocycles. The van der Waals surface area contributed by atoms with Gasteiger partial charge >= 0.3 is 11.9 Å². The highest BCUT2D eigenvalue weighted by Crippen LogP contribution is 2.38. The van der Waals surface area contributed by atoms with E-state index in [9.17, 15) is 19.0 Å². The van der Waals surface area contributed by atoms with Crippen molar-refractivity contribution in [3.63, 3.8) is 0 Å². The van der Waals surface area contributed by atoms with Gasteiger partial charge in [-0.25, -0.2) is 0 Å². The quantitative estimate of drug-likeness (QED) is 0.0195. The fourth-order valence-corrected chi connectivity index (χ4v) is 8.39. The molecular weight excluding hydrogens is 882 g/mol. The second kappa shape index (κ2) is 50.4. The number of unbranched alkanes of at least 4 members (excludes halogenated alkanes) is 25. The number of phosphoric acid groups is 1. The maximum atomic E-state index is 12.7.